The Morgan fingerprint density at radius 2 is 1.66 bits per heavy atom. The van der Waals surface area contributed by atoms with Crippen molar-refractivity contribution >= 4 is 103 Å². The minimum atomic E-state index is -2.75. The van der Waals surface area contributed by atoms with Gasteiger partial charge in [-0.25, -0.2) is 9.78 Å². The molecule has 7 heterocycles. The van der Waals surface area contributed by atoms with Crippen LogP contribution in [-0.4, -0.2) is 125 Å². The van der Waals surface area contributed by atoms with Gasteiger partial charge in [0.1, 0.15) is 24.8 Å². The lowest BCUT2D eigenvalue weighted by Crippen LogP contribution is -2.54. The summed E-state index contributed by atoms with van der Waals surface area (Å²) < 4.78 is 27.8. The van der Waals surface area contributed by atoms with Crippen LogP contribution in [0.1, 0.15) is 76.6 Å². The number of nitrogens with zero attached hydrogens (tertiary/aromatic N) is 8. The van der Waals surface area contributed by atoms with E-state index in [0.717, 1.165) is 123 Å². The van der Waals surface area contributed by atoms with E-state index in [-0.39, 0.29) is 24.7 Å². The number of fused-ring (bicyclic) bond motifs is 2. The van der Waals surface area contributed by atoms with E-state index in [0.29, 0.717) is 58.0 Å². The summed E-state index contributed by atoms with van der Waals surface area (Å²) in [4.78, 5) is 74.3. The number of oxazole rings is 1. The Kier molecular flexibility index (Phi) is 14.9. The zero-order valence-corrected chi connectivity index (χ0v) is 45.3. The second-order valence-corrected chi connectivity index (χ2v) is 24.2. The normalized spacial score (nSPS) is 18.2. The number of carbonyl (C=O) groups is 3. The van der Waals surface area contributed by atoms with Crippen LogP contribution in [0.2, 0.25) is 0 Å². The van der Waals surface area contributed by atoms with E-state index in [1.54, 1.807) is 25.6 Å². The second kappa shape index (κ2) is 21.5. The molecule has 0 spiro atoms. The Morgan fingerprint density at radius 1 is 0.878 bits per heavy atom. The number of para-hydroxylation sites is 1. The number of hydrogen-bond donors (Lipinski definition) is 3. The molecule has 4 aliphatic heterocycles. The van der Waals surface area contributed by atoms with E-state index < -0.39 is 24.8 Å². The Balaban J connectivity index is 0.719. The molecular formula is C54H65BrN11O7P. The van der Waals surface area contributed by atoms with Crippen LogP contribution < -0.4 is 41.5 Å². The molecule has 74 heavy (non-hydrogen) atoms. The molecule has 0 radical (unpaired) electrons. The van der Waals surface area contributed by atoms with Gasteiger partial charge in [0.2, 0.25) is 23.7 Å². The Morgan fingerprint density at radius 3 is 2.38 bits per heavy atom. The molecule has 4 fully saturated rings. The number of anilines is 6. The second-order valence-electron chi connectivity index (χ2n) is 20.2. The summed E-state index contributed by atoms with van der Waals surface area (Å²) >= 11 is 3.64. The fourth-order valence-electron chi connectivity index (χ4n) is 11.2. The molecule has 0 bridgehead atoms. The Bertz CT molecular complexity index is 3230. The van der Waals surface area contributed by atoms with Gasteiger partial charge < -0.3 is 39.1 Å². The van der Waals surface area contributed by atoms with Gasteiger partial charge in [-0.2, -0.15) is 4.98 Å². The fourth-order valence-corrected chi connectivity index (χ4v) is 13.0. The fraction of sp³-hybridized carbons (Fsp3) is 0.463. The first-order valence-electron chi connectivity index (χ1n) is 26.0. The van der Waals surface area contributed by atoms with Crippen LogP contribution in [0.25, 0.3) is 22.0 Å². The summed E-state index contributed by atoms with van der Waals surface area (Å²) in [6, 6.07) is 17.4. The number of piperidine rings is 2. The van der Waals surface area contributed by atoms with Crippen LogP contribution in [0.4, 0.5) is 34.5 Å². The van der Waals surface area contributed by atoms with Gasteiger partial charge in [0.15, 0.2) is 5.58 Å². The lowest BCUT2D eigenvalue weighted by Gasteiger charge is -2.44. The average molecular weight is 1090 g/mol. The van der Waals surface area contributed by atoms with Gasteiger partial charge in [0.25, 0.3) is 0 Å². The molecule has 0 saturated carbocycles. The number of amides is 3. The number of aryl methyl sites for hydroxylation is 2. The summed E-state index contributed by atoms with van der Waals surface area (Å²) in [5, 5.41) is 10.8. The molecule has 18 nitrogen and oxygen atoms in total. The van der Waals surface area contributed by atoms with Crippen molar-refractivity contribution < 1.29 is 28.1 Å². The molecule has 10 rings (SSSR count). The molecule has 390 valence electrons. The van der Waals surface area contributed by atoms with Gasteiger partial charge in [-0.3, -0.25) is 34.2 Å². The predicted octanol–water partition coefficient (Wildman–Crippen LogP) is 7.96. The third-order valence-electron chi connectivity index (χ3n) is 15.1. The number of benzene rings is 3. The first-order chi connectivity index (χ1) is 35.7. The molecule has 3 aromatic heterocycles. The van der Waals surface area contributed by atoms with Gasteiger partial charge in [-0.05, 0) is 123 Å². The highest BCUT2D eigenvalue weighted by Gasteiger charge is 2.35. The van der Waals surface area contributed by atoms with Gasteiger partial charge in [-0.15, -0.1) is 0 Å². The quantitative estimate of drug-likeness (QED) is 0.0622. The number of halogens is 1. The molecule has 3 amide bonds. The van der Waals surface area contributed by atoms with Crippen molar-refractivity contribution in [3.63, 3.8) is 0 Å². The highest BCUT2D eigenvalue weighted by molar-refractivity contribution is 9.10. The average Bonchev–Trinajstić information content (AvgIpc) is 3.72. The van der Waals surface area contributed by atoms with E-state index in [9.17, 15) is 23.7 Å². The lowest BCUT2D eigenvalue weighted by molar-refractivity contribution is -0.136. The third-order valence-corrected chi connectivity index (χ3v) is 17.2. The number of aromatic nitrogens is 4. The molecule has 1 unspecified atom stereocenters. The molecule has 6 aromatic rings. The lowest BCUT2D eigenvalue weighted by atomic mass is 9.93. The van der Waals surface area contributed by atoms with Crippen molar-refractivity contribution in [1.82, 2.24) is 34.6 Å². The number of piperazine rings is 1. The Labute approximate surface area is 439 Å². The highest BCUT2D eigenvalue weighted by Crippen LogP contribution is 2.43. The van der Waals surface area contributed by atoms with Crippen molar-refractivity contribution in [1.29, 1.82) is 0 Å². The zero-order chi connectivity index (χ0) is 51.8. The van der Waals surface area contributed by atoms with Gasteiger partial charge in [0.05, 0.1) is 39.2 Å². The van der Waals surface area contributed by atoms with Gasteiger partial charge in [-0.1, -0.05) is 26.0 Å². The van der Waals surface area contributed by atoms with Crippen molar-refractivity contribution in [2.24, 2.45) is 5.92 Å². The SMILES string of the molecule is CCOc1cc(N2CCC(N3CCN(C(=O)CCC4CN(c5cccc6c5oc(=O)n6C5CCC(=O)NC5=O)C4)CC3)CC2)c(CC)cc1Nc1ncc(Br)c(Nc2ccc3nc(CC)ccc3c2P(C)(C)=O)n1. The van der Waals surface area contributed by atoms with Crippen LogP contribution in [0.3, 0.4) is 0 Å². The monoisotopic (exact) mass is 1090 g/mol. The highest BCUT2D eigenvalue weighted by atomic mass is 79.9. The first kappa shape index (κ1) is 51.2. The van der Waals surface area contributed by atoms with Gasteiger partial charge in [0, 0.05) is 106 Å². The number of pyridine rings is 1. The van der Waals surface area contributed by atoms with Crippen LogP contribution in [0.5, 0.6) is 5.75 Å². The summed E-state index contributed by atoms with van der Waals surface area (Å²) in [6.07, 6.45) is 7.11. The first-order valence-corrected chi connectivity index (χ1v) is 29.4. The largest absolute Gasteiger partial charge is 0.492 e. The predicted molar refractivity (Wildman–Crippen MR) is 294 cm³/mol. The molecule has 4 saturated heterocycles. The number of ether oxygens (including phenoxy) is 1. The minimum absolute atomic E-state index is 0.166. The van der Waals surface area contributed by atoms with E-state index >= 15 is 0 Å². The maximum Gasteiger partial charge on any atom is 0.420 e. The summed E-state index contributed by atoms with van der Waals surface area (Å²) in [7, 11) is -2.75. The van der Waals surface area contributed by atoms with Gasteiger partial charge >= 0.3 is 5.76 Å². The molecule has 1 atom stereocenters. The van der Waals surface area contributed by atoms with Crippen LogP contribution in [0.15, 0.2) is 74.5 Å². The standard InChI is InChI=1S/C54H65BrN11O7P/c1-6-34-28-41(59-53-56-30-38(55)51(61-53)58-40-16-15-39-37(50(40)74(4,5)71)14-13-35(7-2)57-39)46(72-8-3)29-45(34)63-22-20-36(21-23-63)62-24-26-64(27-25-62)48(68)19-12-33-31-65(32-33)42-10-9-11-43-49(42)73-54(70)66(43)44-17-18-47(67)60-52(44)69/h9-11,13-16,28-30,33,36,44H,6-8,12,17-27,31-32H2,1-5H3,(H,60,67,69)(H2,56,58,59,61). The van der Waals surface area contributed by atoms with Crippen LogP contribution >= 0.6 is 23.1 Å². The van der Waals surface area contributed by atoms with E-state index in [4.69, 9.17) is 19.1 Å². The molecule has 0 aliphatic carbocycles. The maximum absolute atomic E-state index is 13.8. The van der Waals surface area contributed by atoms with Crippen molar-refractivity contribution in [3.8, 4) is 5.75 Å². The van der Waals surface area contributed by atoms with E-state index in [1.165, 1.54) is 15.8 Å². The number of nitrogens with one attached hydrogen (secondary N) is 3. The molecular weight excluding hydrogens is 1030 g/mol. The van der Waals surface area contributed by atoms with E-state index in [1.807, 2.05) is 48.2 Å². The summed E-state index contributed by atoms with van der Waals surface area (Å²) in [5.74, 6) is 0.740. The number of carbonyl (C=O) groups excluding carboxylic acids is 3. The molecule has 4 aliphatic rings. The smallest absolute Gasteiger partial charge is 0.420 e. The van der Waals surface area contributed by atoms with Crippen molar-refractivity contribution in [3.05, 3.63) is 87.1 Å². The zero-order valence-electron chi connectivity index (χ0n) is 42.8. The minimum Gasteiger partial charge on any atom is -0.492 e. The van der Waals surface area contributed by atoms with Crippen molar-refractivity contribution in [2.45, 2.75) is 84.2 Å². The van der Waals surface area contributed by atoms with E-state index in [2.05, 4.69) is 77.5 Å². The maximum atomic E-state index is 13.8. The topological polar surface area (TPSA) is 200 Å². The van der Waals surface area contributed by atoms with Crippen LogP contribution in [-0.2, 0) is 31.8 Å². The molecule has 20 heteroatoms. The summed E-state index contributed by atoms with van der Waals surface area (Å²) in [5.41, 5.74) is 7.41. The number of hydrogen-bond acceptors (Lipinski definition) is 15. The summed E-state index contributed by atoms with van der Waals surface area (Å²) in [6.45, 7) is 16.8. The number of rotatable bonds is 16. The van der Waals surface area contributed by atoms with Crippen molar-refractivity contribution in [2.75, 3.05) is 92.7 Å². The number of imide groups is 1. The third kappa shape index (κ3) is 10.5. The molecule has 3 aromatic carbocycles. The van der Waals surface area contributed by atoms with Crippen LogP contribution in [0, 0.1) is 5.92 Å². The molecule has 3 N–H and O–H groups in total. The Hall–Kier alpha value is -6.30.